The highest BCUT2D eigenvalue weighted by atomic mass is 16.6. The third-order valence-corrected chi connectivity index (χ3v) is 2.80. The minimum atomic E-state index is -0.456. The molecule has 0 radical (unpaired) electrons. The molecule has 0 saturated carbocycles. The molecule has 0 unspecified atom stereocenters. The third-order valence-electron chi connectivity index (χ3n) is 2.80. The van der Waals surface area contributed by atoms with Crippen LogP contribution in [-0.2, 0) is 4.74 Å². The van der Waals surface area contributed by atoms with Crippen molar-refractivity contribution in [3.05, 3.63) is 0 Å². The Hall–Kier alpha value is -0.770. The minimum absolute atomic E-state index is 0.197. The van der Waals surface area contributed by atoms with Gasteiger partial charge in [0, 0.05) is 12.1 Å². The van der Waals surface area contributed by atoms with E-state index in [4.69, 9.17) is 10.5 Å². The van der Waals surface area contributed by atoms with E-state index in [-0.39, 0.29) is 11.6 Å². The Kier molecular flexibility index (Phi) is 5.96. The number of amides is 1. The van der Waals surface area contributed by atoms with E-state index in [1.807, 2.05) is 34.6 Å². The largest absolute Gasteiger partial charge is 0.444 e. The number of nitrogens with two attached hydrogens (primary N) is 1. The maximum absolute atomic E-state index is 12.1. The zero-order valence-electron chi connectivity index (χ0n) is 12.2. The van der Waals surface area contributed by atoms with Crippen LogP contribution in [0.2, 0.25) is 0 Å². The summed E-state index contributed by atoms with van der Waals surface area (Å²) in [6.45, 7) is 13.0. The van der Waals surface area contributed by atoms with Gasteiger partial charge in [-0.05, 0) is 54.0 Å². The van der Waals surface area contributed by atoms with E-state index in [1.165, 1.54) is 0 Å². The van der Waals surface area contributed by atoms with Gasteiger partial charge in [0.15, 0.2) is 0 Å². The monoisotopic (exact) mass is 244 g/mol. The van der Waals surface area contributed by atoms with Crippen molar-refractivity contribution in [2.24, 2.45) is 5.73 Å². The highest BCUT2D eigenvalue weighted by Crippen LogP contribution is 2.22. The van der Waals surface area contributed by atoms with Gasteiger partial charge in [-0.2, -0.15) is 0 Å². The standard InChI is InChI=1S/C13H28N2O2/c1-7-13(5,6)15(10-8-9-14)11(16)17-12(2,3)4/h7-10,14H2,1-6H3. The van der Waals surface area contributed by atoms with Crippen molar-refractivity contribution < 1.29 is 9.53 Å². The van der Waals surface area contributed by atoms with Gasteiger partial charge in [0.2, 0.25) is 0 Å². The molecule has 4 heteroatoms. The second-order valence-electron chi connectivity index (χ2n) is 5.94. The summed E-state index contributed by atoms with van der Waals surface area (Å²) in [6.07, 6.45) is 1.43. The first-order valence-electron chi connectivity index (χ1n) is 6.34. The number of hydrogen-bond acceptors (Lipinski definition) is 3. The molecule has 0 aliphatic carbocycles. The van der Waals surface area contributed by atoms with Crippen molar-refractivity contribution in [1.29, 1.82) is 0 Å². The van der Waals surface area contributed by atoms with E-state index < -0.39 is 5.60 Å². The summed E-state index contributed by atoms with van der Waals surface area (Å²) < 4.78 is 5.43. The van der Waals surface area contributed by atoms with E-state index >= 15 is 0 Å². The fraction of sp³-hybridized carbons (Fsp3) is 0.923. The number of rotatable bonds is 5. The molecular formula is C13H28N2O2. The SMILES string of the molecule is CCC(C)(C)N(CCCN)C(=O)OC(C)(C)C. The zero-order chi connectivity index (χ0) is 13.7. The summed E-state index contributed by atoms with van der Waals surface area (Å²) in [6, 6.07) is 0. The number of hydrogen-bond donors (Lipinski definition) is 1. The highest BCUT2D eigenvalue weighted by molar-refractivity contribution is 5.69. The Labute approximate surface area is 105 Å². The molecule has 0 aliphatic heterocycles. The Balaban J connectivity index is 4.74. The molecule has 17 heavy (non-hydrogen) atoms. The van der Waals surface area contributed by atoms with Crippen LogP contribution in [0.4, 0.5) is 4.79 Å². The first-order valence-corrected chi connectivity index (χ1v) is 6.34. The van der Waals surface area contributed by atoms with Gasteiger partial charge < -0.3 is 15.4 Å². The van der Waals surface area contributed by atoms with Crippen LogP contribution in [0, 0.1) is 0 Å². The van der Waals surface area contributed by atoms with Crippen molar-refractivity contribution in [1.82, 2.24) is 4.90 Å². The Morgan fingerprint density at radius 1 is 1.24 bits per heavy atom. The molecule has 0 bridgehead atoms. The van der Waals surface area contributed by atoms with E-state index in [0.717, 1.165) is 12.8 Å². The minimum Gasteiger partial charge on any atom is -0.444 e. The lowest BCUT2D eigenvalue weighted by molar-refractivity contribution is 0.00230. The fourth-order valence-corrected chi connectivity index (χ4v) is 1.40. The Morgan fingerprint density at radius 2 is 1.76 bits per heavy atom. The molecule has 0 atom stereocenters. The lowest BCUT2D eigenvalue weighted by atomic mass is 9.99. The van der Waals surface area contributed by atoms with Gasteiger partial charge in [-0.25, -0.2) is 4.79 Å². The predicted octanol–water partition coefficient (Wildman–Crippen LogP) is 2.76. The fourth-order valence-electron chi connectivity index (χ4n) is 1.40. The Morgan fingerprint density at radius 3 is 2.12 bits per heavy atom. The summed E-state index contributed by atoms with van der Waals surface area (Å²) >= 11 is 0. The topological polar surface area (TPSA) is 55.6 Å². The molecule has 0 saturated heterocycles. The normalized spacial score (nSPS) is 12.4. The van der Waals surface area contributed by atoms with Crippen molar-refractivity contribution in [3.8, 4) is 0 Å². The maximum Gasteiger partial charge on any atom is 0.410 e. The maximum atomic E-state index is 12.1. The average molecular weight is 244 g/mol. The van der Waals surface area contributed by atoms with Crippen LogP contribution >= 0.6 is 0 Å². The van der Waals surface area contributed by atoms with Crippen LogP contribution in [0.15, 0.2) is 0 Å². The predicted molar refractivity (Wildman–Crippen MR) is 71.0 cm³/mol. The molecule has 0 aliphatic rings. The van der Waals surface area contributed by atoms with Gasteiger partial charge in [0.1, 0.15) is 5.60 Å². The molecule has 2 N–H and O–H groups in total. The quantitative estimate of drug-likeness (QED) is 0.809. The highest BCUT2D eigenvalue weighted by Gasteiger charge is 2.32. The summed E-state index contributed by atoms with van der Waals surface area (Å²) in [4.78, 5) is 13.9. The van der Waals surface area contributed by atoms with E-state index in [1.54, 1.807) is 4.90 Å². The van der Waals surface area contributed by atoms with Crippen LogP contribution in [0.25, 0.3) is 0 Å². The summed E-state index contributed by atoms with van der Waals surface area (Å²) in [5.41, 5.74) is 4.86. The molecule has 0 aromatic carbocycles. The van der Waals surface area contributed by atoms with Gasteiger partial charge >= 0.3 is 6.09 Å². The lowest BCUT2D eigenvalue weighted by Gasteiger charge is -2.38. The number of carbonyl (C=O) groups is 1. The van der Waals surface area contributed by atoms with E-state index in [0.29, 0.717) is 13.1 Å². The van der Waals surface area contributed by atoms with Gasteiger partial charge in [-0.3, -0.25) is 0 Å². The van der Waals surface area contributed by atoms with Gasteiger partial charge in [0.25, 0.3) is 0 Å². The molecule has 0 aromatic rings. The van der Waals surface area contributed by atoms with Crippen molar-refractivity contribution >= 4 is 6.09 Å². The van der Waals surface area contributed by atoms with Crippen LogP contribution in [0.3, 0.4) is 0 Å². The molecule has 102 valence electrons. The second-order valence-corrected chi connectivity index (χ2v) is 5.94. The molecule has 0 aromatic heterocycles. The molecule has 4 nitrogen and oxygen atoms in total. The van der Waals surface area contributed by atoms with Crippen molar-refractivity contribution in [3.63, 3.8) is 0 Å². The third kappa shape index (κ3) is 5.91. The van der Waals surface area contributed by atoms with Gasteiger partial charge in [0.05, 0.1) is 0 Å². The van der Waals surface area contributed by atoms with Crippen LogP contribution in [0.1, 0.15) is 54.4 Å². The van der Waals surface area contributed by atoms with Gasteiger partial charge in [-0.15, -0.1) is 0 Å². The van der Waals surface area contributed by atoms with Crippen LogP contribution in [0.5, 0.6) is 0 Å². The molecule has 0 fully saturated rings. The second kappa shape index (κ2) is 6.24. The molecule has 1 amide bonds. The van der Waals surface area contributed by atoms with E-state index in [2.05, 4.69) is 6.92 Å². The smallest absolute Gasteiger partial charge is 0.410 e. The molecule has 0 spiro atoms. The average Bonchev–Trinajstić information content (AvgIpc) is 2.15. The summed E-state index contributed by atoms with van der Waals surface area (Å²) in [7, 11) is 0. The van der Waals surface area contributed by atoms with Crippen molar-refractivity contribution in [2.75, 3.05) is 13.1 Å². The van der Waals surface area contributed by atoms with Crippen molar-refractivity contribution in [2.45, 2.75) is 65.5 Å². The number of nitrogens with zero attached hydrogens (tertiary/aromatic N) is 1. The summed E-state index contributed by atoms with van der Waals surface area (Å²) in [5.74, 6) is 0. The van der Waals surface area contributed by atoms with Crippen LogP contribution in [-0.4, -0.2) is 35.2 Å². The number of carbonyl (C=O) groups excluding carboxylic acids is 1. The van der Waals surface area contributed by atoms with E-state index in [9.17, 15) is 4.79 Å². The lowest BCUT2D eigenvalue weighted by Crippen LogP contribution is -2.50. The number of ether oxygens (including phenoxy) is 1. The Bertz CT molecular complexity index is 244. The first-order chi connectivity index (χ1) is 7.64. The molecule has 0 heterocycles. The molecular weight excluding hydrogens is 216 g/mol. The van der Waals surface area contributed by atoms with Crippen LogP contribution < -0.4 is 5.73 Å². The molecule has 0 rings (SSSR count). The van der Waals surface area contributed by atoms with Gasteiger partial charge in [-0.1, -0.05) is 6.92 Å². The zero-order valence-corrected chi connectivity index (χ0v) is 12.2. The first kappa shape index (κ1) is 16.2. The summed E-state index contributed by atoms with van der Waals surface area (Å²) in [5, 5.41) is 0.